The number of carbonyl (C=O) groups is 2. The highest BCUT2D eigenvalue weighted by Crippen LogP contribution is 2.39. The van der Waals surface area contributed by atoms with Crippen LogP contribution in [0.15, 0.2) is 48.2 Å². The standard InChI is InChI=1S/C29H35F3N4O3/c1-2-7-24-21(9-6-15-36(24)27(39)25-23(29(30,31)32)11-5-14-34-25)26(38)35-16-12-28(19-33,13-17-35)22-10-4-3-8-20(22)18-37/h3-5,8,10-11,14,21,24-25,34,37H,2,6-7,9,12-13,15-18H2,1H3/p+1/t21-,24-,25?/m1/s1. The Bertz CT molecular complexity index is 1170. The third kappa shape index (κ3) is 5.69. The number of allylic oxidation sites excluding steroid dienone is 2. The van der Waals surface area contributed by atoms with Crippen LogP contribution >= 0.6 is 0 Å². The lowest BCUT2D eigenvalue weighted by molar-refractivity contribution is -0.149. The van der Waals surface area contributed by atoms with Crippen LogP contribution in [0, 0.1) is 17.2 Å². The monoisotopic (exact) mass is 545 g/mol. The SMILES string of the molecule is CCC[C@@H]1[C@H](C(=O)N2CCC(C#N)(c3ccccc3C[OH2+])CC2)CCCN1C(=O)C1NC=CC=C1C(F)(F)F. The molecule has 7 nitrogen and oxygen atoms in total. The van der Waals surface area contributed by atoms with Gasteiger partial charge in [-0.05, 0) is 49.9 Å². The Morgan fingerprint density at radius 2 is 1.90 bits per heavy atom. The molecule has 3 heterocycles. The summed E-state index contributed by atoms with van der Waals surface area (Å²) in [5, 5.41) is 20.6. The number of benzene rings is 1. The van der Waals surface area contributed by atoms with Crippen molar-refractivity contribution in [3.05, 3.63) is 59.3 Å². The van der Waals surface area contributed by atoms with Crippen LogP contribution in [0.4, 0.5) is 13.2 Å². The molecule has 1 unspecified atom stereocenters. The summed E-state index contributed by atoms with van der Waals surface area (Å²) in [5.74, 6) is -1.27. The molecule has 4 rings (SSSR count). The van der Waals surface area contributed by atoms with Crippen molar-refractivity contribution in [1.82, 2.24) is 15.1 Å². The highest BCUT2D eigenvalue weighted by atomic mass is 19.4. The molecule has 0 bridgehead atoms. The maximum atomic E-state index is 13.8. The van der Waals surface area contributed by atoms with Crippen LogP contribution in [0.2, 0.25) is 0 Å². The molecule has 210 valence electrons. The van der Waals surface area contributed by atoms with Gasteiger partial charge in [-0.15, -0.1) is 0 Å². The van der Waals surface area contributed by atoms with E-state index in [0.29, 0.717) is 58.2 Å². The van der Waals surface area contributed by atoms with E-state index in [0.717, 1.165) is 17.2 Å². The number of carbonyl (C=O) groups excluding carboxylic acids is 2. The highest BCUT2D eigenvalue weighted by Gasteiger charge is 2.48. The van der Waals surface area contributed by atoms with Crippen molar-refractivity contribution in [2.24, 2.45) is 5.92 Å². The molecular formula is C29H36F3N4O3+. The summed E-state index contributed by atoms with van der Waals surface area (Å²) >= 11 is 0. The van der Waals surface area contributed by atoms with E-state index in [1.165, 1.54) is 17.2 Å². The van der Waals surface area contributed by atoms with E-state index in [1.807, 2.05) is 31.2 Å². The number of hydrogen-bond donors (Lipinski definition) is 1. The predicted molar refractivity (Wildman–Crippen MR) is 140 cm³/mol. The van der Waals surface area contributed by atoms with Crippen molar-refractivity contribution in [3.63, 3.8) is 0 Å². The Kier molecular flexibility index (Phi) is 8.70. The fourth-order valence-electron chi connectivity index (χ4n) is 6.32. The number of hydrogen-bond acceptors (Lipinski definition) is 4. The molecule has 3 N–H and O–H groups in total. The summed E-state index contributed by atoms with van der Waals surface area (Å²) in [5.41, 5.74) is -0.0561. The van der Waals surface area contributed by atoms with Gasteiger partial charge in [0.15, 0.2) is 6.61 Å². The number of alkyl halides is 3. The lowest BCUT2D eigenvalue weighted by Gasteiger charge is -2.45. The molecule has 39 heavy (non-hydrogen) atoms. The third-order valence-corrected chi connectivity index (χ3v) is 8.35. The fourth-order valence-corrected chi connectivity index (χ4v) is 6.32. The second-order valence-corrected chi connectivity index (χ2v) is 10.6. The number of dihydropyridines is 1. The van der Waals surface area contributed by atoms with Crippen molar-refractivity contribution in [2.45, 2.75) is 75.7 Å². The molecule has 2 amide bonds. The average molecular weight is 546 g/mol. The Labute approximate surface area is 227 Å². The third-order valence-electron chi connectivity index (χ3n) is 8.35. The Morgan fingerprint density at radius 1 is 1.18 bits per heavy atom. The Hall–Kier alpha value is -3.32. The van der Waals surface area contributed by atoms with Gasteiger partial charge >= 0.3 is 6.18 Å². The van der Waals surface area contributed by atoms with E-state index >= 15 is 0 Å². The molecule has 0 aliphatic carbocycles. The molecule has 0 aromatic heterocycles. The summed E-state index contributed by atoms with van der Waals surface area (Å²) < 4.78 is 41.0. The van der Waals surface area contributed by atoms with Gasteiger partial charge in [0.05, 0.1) is 23.0 Å². The van der Waals surface area contributed by atoms with Gasteiger partial charge in [-0.25, -0.2) is 0 Å². The smallest absolute Gasteiger partial charge is 0.415 e. The second kappa shape index (κ2) is 11.8. The van der Waals surface area contributed by atoms with Gasteiger partial charge in [-0.2, -0.15) is 18.4 Å². The van der Waals surface area contributed by atoms with E-state index in [-0.39, 0.29) is 12.5 Å². The topological polar surface area (TPSA) is 99.3 Å². The molecule has 2 fully saturated rings. The zero-order valence-corrected chi connectivity index (χ0v) is 22.1. The predicted octanol–water partition coefficient (Wildman–Crippen LogP) is 3.68. The first-order chi connectivity index (χ1) is 18.7. The van der Waals surface area contributed by atoms with E-state index < -0.39 is 41.1 Å². The highest BCUT2D eigenvalue weighted by molar-refractivity contribution is 5.88. The quantitative estimate of drug-likeness (QED) is 0.552. The number of halogens is 3. The Morgan fingerprint density at radius 3 is 2.54 bits per heavy atom. The number of likely N-dealkylation sites (tertiary alicyclic amines) is 2. The van der Waals surface area contributed by atoms with Crippen molar-refractivity contribution in [1.29, 1.82) is 5.26 Å². The summed E-state index contributed by atoms with van der Waals surface area (Å²) in [7, 11) is 0. The molecule has 10 heteroatoms. The minimum Gasteiger partial charge on any atom is -0.442 e. The number of nitriles is 1. The van der Waals surface area contributed by atoms with Gasteiger partial charge in [-0.1, -0.05) is 43.7 Å². The number of nitrogens with one attached hydrogen (secondary N) is 1. The molecule has 2 saturated heterocycles. The summed E-state index contributed by atoms with van der Waals surface area (Å²) in [6.07, 6.45) is 2.03. The maximum Gasteiger partial charge on any atom is 0.415 e. The van der Waals surface area contributed by atoms with Crippen molar-refractivity contribution < 1.29 is 27.9 Å². The Balaban J connectivity index is 1.51. The van der Waals surface area contributed by atoms with Gasteiger partial charge in [0.25, 0.3) is 0 Å². The molecule has 1 aromatic rings. The fraction of sp³-hybridized carbons (Fsp3) is 0.552. The molecule has 1 aromatic carbocycles. The number of piperidine rings is 2. The molecule has 3 aliphatic rings. The van der Waals surface area contributed by atoms with Crippen molar-refractivity contribution in [2.75, 3.05) is 19.6 Å². The van der Waals surface area contributed by atoms with Gasteiger partial charge < -0.3 is 20.2 Å². The van der Waals surface area contributed by atoms with Gasteiger partial charge in [0.1, 0.15) is 6.04 Å². The molecule has 3 atom stereocenters. The van der Waals surface area contributed by atoms with Crippen LogP contribution < -0.4 is 5.32 Å². The molecule has 3 aliphatic heterocycles. The first-order valence-corrected chi connectivity index (χ1v) is 13.6. The normalized spacial score (nSPS) is 24.9. The van der Waals surface area contributed by atoms with Crippen LogP contribution in [0.3, 0.4) is 0 Å². The van der Waals surface area contributed by atoms with E-state index in [1.54, 1.807) is 4.90 Å². The summed E-state index contributed by atoms with van der Waals surface area (Å²) in [6, 6.07) is 7.92. The average Bonchev–Trinajstić information content (AvgIpc) is 2.96. The van der Waals surface area contributed by atoms with Crippen LogP contribution in [0.25, 0.3) is 0 Å². The zero-order chi connectivity index (χ0) is 28.2. The van der Waals surface area contributed by atoms with Crippen LogP contribution in [0.1, 0.15) is 56.6 Å². The molecule has 0 saturated carbocycles. The van der Waals surface area contributed by atoms with E-state index in [9.17, 15) is 28.0 Å². The van der Waals surface area contributed by atoms with Gasteiger partial charge in [0.2, 0.25) is 11.8 Å². The lowest BCUT2D eigenvalue weighted by atomic mass is 9.72. The van der Waals surface area contributed by atoms with E-state index in [4.69, 9.17) is 5.11 Å². The molecular weight excluding hydrogens is 509 g/mol. The maximum absolute atomic E-state index is 13.8. The largest absolute Gasteiger partial charge is 0.442 e. The summed E-state index contributed by atoms with van der Waals surface area (Å²) in [4.78, 5) is 30.6. The lowest BCUT2D eigenvalue weighted by Crippen LogP contribution is -2.59. The minimum atomic E-state index is -4.65. The summed E-state index contributed by atoms with van der Waals surface area (Å²) in [6.45, 7) is 3.06. The first-order valence-electron chi connectivity index (χ1n) is 13.6. The molecule has 0 spiro atoms. The zero-order valence-electron chi connectivity index (χ0n) is 22.1. The second-order valence-electron chi connectivity index (χ2n) is 10.6. The number of nitrogens with zero attached hydrogens (tertiary/aromatic N) is 3. The molecule has 0 radical (unpaired) electrons. The minimum absolute atomic E-state index is 0.0732. The van der Waals surface area contributed by atoms with Gasteiger partial charge in [-0.3, -0.25) is 9.59 Å². The van der Waals surface area contributed by atoms with Crippen molar-refractivity contribution in [3.8, 4) is 6.07 Å². The number of amides is 2. The van der Waals surface area contributed by atoms with Crippen LogP contribution in [0.5, 0.6) is 0 Å². The number of rotatable bonds is 6. The first kappa shape index (κ1) is 28.7. The van der Waals surface area contributed by atoms with Gasteiger partial charge in [0, 0.05) is 31.2 Å². The van der Waals surface area contributed by atoms with Crippen molar-refractivity contribution >= 4 is 11.8 Å². The van der Waals surface area contributed by atoms with E-state index in [2.05, 4.69) is 11.4 Å². The van der Waals surface area contributed by atoms with Crippen LogP contribution in [-0.4, -0.2) is 64.6 Å². The van der Waals surface area contributed by atoms with Crippen LogP contribution in [-0.2, 0) is 21.6 Å².